The normalized spacial score (nSPS) is 12.0. The molecule has 0 aliphatic heterocycles. The molecule has 1 atom stereocenters. The minimum absolute atomic E-state index is 0.00504. The molecular weight excluding hydrogens is 384 g/mol. The van der Waals surface area contributed by atoms with Crippen molar-refractivity contribution in [3.05, 3.63) is 58.4 Å². The van der Waals surface area contributed by atoms with Crippen LogP contribution in [0.25, 0.3) is 0 Å². The van der Waals surface area contributed by atoms with E-state index in [0.717, 1.165) is 5.56 Å². The Kier molecular flexibility index (Phi) is 7.80. The van der Waals surface area contributed by atoms with Crippen LogP contribution in [0.2, 0.25) is 0 Å². The first-order valence-electron chi connectivity index (χ1n) is 10.1. The standard InChI is InChI=1S/C23H30N2O5/c1-13(2)29-19(26)12-18(17-10-8-7-9-11-17)25-22(27)21-15(5)20(16(6)24-21)23(28)30-14(3)4/h7-11,13-14,18,24H,12H2,1-6H3,(H,25,27). The molecule has 0 aliphatic rings. The van der Waals surface area contributed by atoms with E-state index >= 15 is 0 Å². The quantitative estimate of drug-likeness (QED) is 0.636. The highest BCUT2D eigenvalue weighted by Gasteiger charge is 2.26. The molecule has 1 aromatic heterocycles. The van der Waals surface area contributed by atoms with Crippen LogP contribution in [-0.2, 0) is 14.3 Å². The van der Waals surface area contributed by atoms with Crippen molar-refractivity contribution in [3.8, 4) is 0 Å². The highest BCUT2D eigenvalue weighted by Crippen LogP contribution is 2.22. The smallest absolute Gasteiger partial charge is 0.340 e. The van der Waals surface area contributed by atoms with Crippen molar-refractivity contribution in [2.45, 2.75) is 66.2 Å². The van der Waals surface area contributed by atoms with E-state index in [-0.39, 0.29) is 24.3 Å². The lowest BCUT2D eigenvalue weighted by Crippen LogP contribution is -2.31. The summed E-state index contributed by atoms with van der Waals surface area (Å²) in [6.45, 7) is 10.5. The number of H-pyrrole nitrogens is 1. The van der Waals surface area contributed by atoms with Gasteiger partial charge in [0.1, 0.15) is 5.69 Å². The van der Waals surface area contributed by atoms with Crippen molar-refractivity contribution >= 4 is 17.8 Å². The Bertz CT molecular complexity index is 900. The first kappa shape index (κ1) is 23.2. The summed E-state index contributed by atoms with van der Waals surface area (Å²) in [5.41, 5.74) is 2.46. The maximum absolute atomic E-state index is 13.0. The number of esters is 2. The predicted octanol–water partition coefficient (Wildman–Crippen LogP) is 4.01. The zero-order chi connectivity index (χ0) is 22.4. The number of aryl methyl sites for hydroxylation is 1. The van der Waals surface area contributed by atoms with Gasteiger partial charge in [-0.2, -0.15) is 0 Å². The van der Waals surface area contributed by atoms with Crippen LogP contribution in [0.15, 0.2) is 30.3 Å². The van der Waals surface area contributed by atoms with E-state index < -0.39 is 23.9 Å². The number of carbonyl (C=O) groups is 3. The first-order chi connectivity index (χ1) is 14.1. The summed E-state index contributed by atoms with van der Waals surface area (Å²) in [5, 5.41) is 2.89. The summed E-state index contributed by atoms with van der Waals surface area (Å²) >= 11 is 0. The van der Waals surface area contributed by atoms with Gasteiger partial charge in [-0.15, -0.1) is 0 Å². The largest absolute Gasteiger partial charge is 0.463 e. The summed E-state index contributed by atoms with van der Waals surface area (Å²) in [7, 11) is 0. The SMILES string of the molecule is Cc1[nH]c(C(=O)NC(CC(=O)OC(C)C)c2ccccc2)c(C)c1C(=O)OC(C)C. The van der Waals surface area contributed by atoms with Crippen molar-refractivity contribution in [2.75, 3.05) is 0 Å². The van der Waals surface area contributed by atoms with E-state index in [1.807, 2.05) is 30.3 Å². The first-order valence-corrected chi connectivity index (χ1v) is 10.1. The van der Waals surface area contributed by atoms with Gasteiger partial charge in [-0.3, -0.25) is 9.59 Å². The van der Waals surface area contributed by atoms with Crippen LogP contribution in [-0.4, -0.2) is 35.0 Å². The zero-order valence-corrected chi connectivity index (χ0v) is 18.4. The maximum atomic E-state index is 13.0. The Labute approximate surface area is 177 Å². The maximum Gasteiger partial charge on any atom is 0.340 e. The molecule has 0 bridgehead atoms. The van der Waals surface area contributed by atoms with Crippen molar-refractivity contribution in [2.24, 2.45) is 0 Å². The van der Waals surface area contributed by atoms with Gasteiger partial charge in [0, 0.05) is 5.69 Å². The van der Waals surface area contributed by atoms with Gasteiger partial charge in [0.15, 0.2) is 0 Å². The summed E-state index contributed by atoms with van der Waals surface area (Å²) in [6, 6.07) is 8.65. The van der Waals surface area contributed by atoms with Gasteiger partial charge in [-0.1, -0.05) is 30.3 Å². The molecule has 2 aromatic rings. The lowest BCUT2D eigenvalue weighted by Gasteiger charge is -2.19. The van der Waals surface area contributed by atoms with Crippen LogP contribution in [0, 0.1) is 13.8 Å². The molecule has 0 aliphatic carbocycles. The molecule has 7 nitrogen and oxygen atoms in total. The fourth-order valence-electron chi connectivity index (χ4n) is 3.20. The second-order valence-corrected chi connectivity index (χ2v) is 7.76. The molecule has 0 saturated carbocycles. The van der Waals surface area contributed by atoms with E-state index in [0.29, 0.717) is 16.8 Å². The van der Waals surface area contributed by atoms with Gasteiger partial charge >= 0.3 is 11.9 Å². The fourth-order valence-corrected chi connectivity index (χ4v) is 3.20. The van der Waals surface area contributed by atoms with Gasteiger partial charge in [0.2, 0.25) is 0 Å². The average molecular weight is 415 g/mol. The number of nitrogens with one attached hydrogen (secondary N) is 2. The number of benzene rings is 1. The van der Waals surface area contributed by atoms with E-state index in [1.165, 1.54) is 0 Å². The number of rotatable bonds is 8. The predicted molar refractivity (Wildman–Crippen MR) is 113 cm³/mol. The Balaban J connectivity index is 2.27. The lowest BCUT2D eigenvalue weighted by molar-refractivity contribution is -0.147. The summed E-state index contributed by atoms with van der Waals surface area (Å²) in [4.78, 5) is 40.6. The Morgan fingerprint density at radius 1 is 0.967 bits per heavy atom. The molecule has 30 heavy (non-hydrogen) atoms. The van der Waals surface area contributed by atoms with E-state index in [9.17, 15) is 14.4 Å². The monoisotopic (exact) mass is 414 g/mol. The molecule has 0 radical (unpaired) electrons. The zero-order valence-electron chi connectivity index (χ0n) is 18.4. The van der Waals surface area contributed by atoms with Crippen molar-refractivity contribution in [3.63, 3.8) is 0 Å². The molecule has 0 fully saturated rings. The molecule has 1 aromatic carbocycles. The number of aromatic nitrogens is 1. The Morgan fingerprint density at radius 2 is 1.57 bits per heavy atom. The third-order valence-corrected chi connectivity index (χ3v) is 4.46. The highest BCUT2D eigenvalue weighted by atomic mass is 16.5. The van der Waals surface area contributed by atoms with E-state index in [4.69, 9.17) is 9.47 Å². The van der Waals surface area contributed by atoms with Gasteiger partial charge in [-0.05, 0) is 52.7 Å². The summed E-state index contributed by atoms with van der Waals surface area (Å²) in [5.74, 6) is -1.29. The van der Waals surface area contributed by atoms with Crippen LogP contribution in [0.4, 0.5) is 0 Å². The average Bonchev–Trinajstić information content (AvgIpc) is 2.95. The fraction of sp³-hybridized carbons (Fsp3) is 0.435. The molecule has 162 valence electrons. The summed E-state index contributed by atoms with van der Waals surface area (Å²) < 4.78 is 10.5. The van der Waals surface area contributed by atoms with Crippen LogP contribution >= 0.6 is 0 Å². The molecule has 2 N–H and O–H groups in total. The van der Waals surface area contributed by atoms with E-state index in [1.54, 1.807) is 41.5 Å². The number of hydrogen-bond donors (Lipinski definition) is 2. The third kappa shape index (κ3) is 5.95. The molecule has 2 rings (SSSR count). The molecule has 1 heterocycles. The van der Waals surface area contributed by atoms with Gasteiger partial charge in [0.05, 0.1) is 30.2 Å². The molecule has 7 heteroatoms. The second kappa shape index (κ2) is 10.1. The van der Waals surface area contributed by atoms with Crippen LogP contribution in [0.3, 0.4) is 0 Å². The molecule has 1 unspecified atom stereocenters. The minimum atomic E-state index is -0.570. The van der Waals surface area contributed by atoms with Crippen molar-refractivity contribution in [1.82, 2.24) is 10.3 Å². The third-order valence-electron chi connectivity index (χ3n) is 4.46. The molecular formula is C23H30N2O5. The van der Waals surface area contributed by atoms with Gasteiger partial charge in [-0.25, -0.2) is 4.79 Å². The number of amides is 1. The second-order valence-electron chi connectivity index (χ2n) is 7.76. The van der Waals surface area contributed by atoms with Crippen LogP contribution < -0.4 is 5.32 Å². The minimum Gasteiger partial charge on any atom is -0.463 e. The number of carbonyl (C=O) groups excluding carboxylic acids is 3. The number of hydrogen-bond acceptors (Lipinski definition) is 5. The van der Waals surface area contributed by atoms with Crippen molar-refractivity contribution in [1.29, 1.82) is 0 Å². The van der Waals surface area contributed by atoms with Crippen molar-refractivity contribution < 1.29 is 23.9 Å². The Morgan fingerprint density at radius 3 is 2.13 bits per heavy atom. The number of ether oxygens (including phenoxy) is 2. The van der Waals surface area contributed by atoms with Crippen LogP contribution in [0.1, 0.15) is 77.8 Å². The number of aromatic amines is 1. The topological polar surface area (TPSA) is 97.5 Å². The Hall–Kier alpha value is -3.09. The van der Waals surface area contributed by atoms with Crippen LogP contribution in [0.5, 0.6) is 0 Å². The van der Waals surface area contributed by atoms with Gasteiger partial charge in [0.25, 0.3) is 5.91 Å². The molecule has 0 spiro atoms. The lowest BCUT2D eigenvalue weighted by atomic mass is 10.0. The molecule has 0 saturated heterocycles. The van der Waals surface area contributed by atoms with E-state index in [2.05, 4.69) is 10.3 Å². The van der Waals surface area contributed by atoms with Gasteiger partial charge < -0.3 is 19.8 Å². The summed E-state index contributed by atoms with van der Waals surface area (Å²) in [6.07, 6.45) is -0.514. The molecule has 1 amide bonds. The highest BCUT2D eigenvalue weighted by molar-refractivity contribution is 6.00.